The number of anilines is 1. The molecule has 3 aromatic rings. The number of rotatable bonds is 4. The first-order chi connectivity index (χ1) is 10.8. The van der Waals surface area contributed by atoms with Crippen molar-refractivity contribution in [1.29, 1.82) is 0 Å². The Balaban J connectivity index is 2.03. The third-order valence-electron chi connectivity index (χ3n) is 3.38. The van der Waals surface area contributed by atoms with E-state index >= 15 is 0 Å². The van der Waals surface area contributed by atoms with Crippen molar-refractivity contribution < 1.29 is 9.84 Å². The Hall–Kier alpha value is -2.60. The van der Waals surface area contributed by atoms with Gasteiger partial charge in [-0.15, -0.1) is 0 Å². The van der Waals surface area contributed by atoms with Gasteiger partial charge in [-0.2, -0.15) is 5.10 Å². The van der Waals surface area contributed by atoms with Crippen LogP contribution < -0.4 is 10.5 Å². The Morgan fingerprint density at radius 1 is 1.30 bits per heavy atom. The number of nitrogens with zero attached hydrogens (tertiary/aromatic N) is 3. The molecule has 120 valence electrons. The number of nitrogen functional groups attached to an aromatic ring is 1. The molecular weight excluding hydrogens is 292 g/mol. The smallest absolute Gasteiger partial charge is 0.146 e. The molecule has 0 aromatic carbocycles. The summed E-state index contributed by atoms with van der Waals surface area (Å²) in [5.41, 5.74) is 8.52. The monoisotopic (exact) mass is 312 g/mol. The molecule has 0 spiro atoms. The number of aryl methyl sites for hydroxylation is 1. The van der Waals surface area contributed by atoms with Crippen LogP contribution in [-0.4, -0.2) is 31.9 Å². The number of ether oxygens (including phenoxy) is 1. The topological polar surface area (TPSA) is 85.7 Å². The largest absolute Gasteiger partial charge is 0.488 e. The van der Waals surface area contributed by atoms with E-state index in [0.717, 1.165) is 22.3 Å². The summed E-state index contributed by atoms with van der Waals surface area (Å²) in [5.74, 6) is 1.11. The molecule has 23 heavy (non-hydrogen) atoms. The molecule has 3 N–H and O–H groups in total. The number of nitrogens with two attached hydrogens (primary N) is 1. The molecule has 0 fully saturated rings. The molecule has 6 nitrogen and oxygen atoms in total. The van der Waals surface area contributed by atoms with Crippen molar-refractivity contribution in [3.05, 3.63) is 42.4 Å². The maximum absolute atomic E-state index is 9.87. The molecule has 3 heterocycles. The number of pyridine rings is 2. The van der Waals surface area contributed by atoms with Gasteiger partial charge in [0.25, 0.3) is 0 Å². The minimum Gasteiger partial charge on any atom is -0.488 e. The maximum atomic E-state index is 9.87. The molecule has 6 heteroatoms. The van der Waals surface area contributed by atoms with E-state index in [1.165, 1.54) is 0 Å². The van der Waals surface area contributed by atoms with E-state index in [1.54, 1.807) is 24.6 Å². The highest BCUT2D eigenvalue weighted by atomic mass is 16.5. The molecule has 0 saturated heterocycles. The minimum atomic E-state index is -0.911. The van der Waals surface area contributed by atoms with E-state index in [-0.39, 0.29) is 6.61 Å². The van der Waals surface area contributed by atoms with Crippen molar-refractivity contribution in [2.75, 3.05) is 12.3 Å². The molecule has 0 aliphatic heterocycles. The van der Waals surface area contributed by atoms with Crippen LogP contribution in [0.3, 0.4) is 0 Å². The third-order valence-corrected chi connectivity index (χ3v) is 3.38. The Bertz CT molecular complexity index is 849. The van der Waals surface area contributed by atoms with Gasteiger partial charge in [0.2, 0.25) is 0 Å². The molecule has 0 saturated carbocycles. The van der Waals surface area contributed by atoms with Crippen LogP contribution in [-0.2, 0) is 0 Å². The SMILES string of the molecule is Cc1cc(-c2ccn3nc(N)cc3c2)c(OCC(C)(C)O)cn1. The van der Waals surface area contributed by atoms with Crippen LogP contribution in [0.1, 0.15) is 19.5 Å². The predicted octanol–water partition coefficient (Wildman–Crippen LogP) is 2.44. The molecule has 0 atom stereocenters. The summed E-state index contributed by atoms with van der Waals surface area (Å²) >= 11 is 0. The second-order valence-corrected chi connectivity index (χ2v) is 6.28. The van der Waals surface area contributed by atoms with E-state index in [2.05, 4.69) is 10.1 Å². The van der Waals surface area contributed by atoms with Gasteiger partial charge in [0.1, 0.15) is 18.2 Å². The van der Waals surface area contributed by atoms with E-state index < -0.39 is 5.60 Å². The molecule has 0 aliphatic carbocycles. The van der Waals surface area contributed by atoms with Gasteiger partial charge in [-0.3, -0.25) is 4.98 Å². The molecule has 3 aromatic heterocycles. The zero-order chi connectivity index (χ0) is 16.6. The van der Waals surface area contributed by atoms with Gasteiger partial charge in [0.15, 0.2) is 0 Å². The highest BCUT2D eigenvalue weighted by Crippen LogP contribution is 2.31. The van der Waals surface area contributed by atoms with E-state index in [9.17, 15) is 5.11 Å². The first kappa shape index (κ1) is 15.3. The lowest BCUT2D eigenvalue weighted by molar-refractivity contribution is 0.0286. The number of hydrogen-bond acceptors (Lipinski definition) is 5. The van der Waals surface area contributed by atoms with Crippen LogP contribution >= 0.6 is 0 Å². The van der Waals surface area contributed by atoms with Gasteiger partial charge in [0, 0.05) is 23.5 Å². The van der Waals surface area contributed by atoms with Crippen LogP contribution in [0.2, 0.25) is 0 Å². The zero-order valence-electron chi connectivity index (χ0n) is 13.4. The second-order valence-electron chi connectivity index (χ2n) is 6.28. The van der Waals surface area contributed by atoms with Crippen molar-refractivity contribution in [2.24, 2.45) is 0 Å². The fourth-order valence-electron chi connectivity index (χ4n) is 2.32. The van der Waals surface area contributed by atoms with Gasteiger partial charge < -0.3 is 15.6 Å². The first-order valence-corrected chi connectivity index (χ1v) is 7.39. The standard InChI is InChI=1S/C17H20N4O2/c1-11-6-14(15(9-19-11)23-10-17(2,3)22)12-4-5-21-13(7-12)8-16(18)20-21/h4-9,22H,10H2,1-3H3,(H2,18,20). The third kappa shape index (κ3) is 3.43. The Labute approximate surface area is 134 Å². The fraction of sp³-hybridized carbons (Fsp3) is 0.294. The van der Waals surface area contributed by atoms with Crippen LogP contribution in [0, 0.1) is 6.92 Å². The summed E-state index contributed by atoms with van der Waals surface area (Å²) in [6, 6.07) is 7.72. The average molecular weight is 312 g/mol. The van der Waals surface area contributed by atoms with Crippen LogP contribution in [0.4, 0.5) is 5.82 Å². The summed E-state index contributed by atoms with van der Waals surface area (Å²) < 4.78 is 7.50. The Kier molecular flexibility index (Phi) is 3.69. The summed E-state index contributed by atoms with van der Waals surface area (Å²) in [7, 11) is 0. The zero-order valence-corrected chi connectivity index (χ0v) is 13.4. The summed E-state index contributed by atoms with van der Waals surface area (Å²) in [4.78, 5) is 4.29. The summed E-state index contributed by atoms with van der Waals surface area (Å²) in [6.45, 7) is 5.52. The average Bonchev–Trinajstić information content (AvgIpc) is 2.84. The number of aliphatic hydroxyl groups is 1. The first-order valence-electron chi connectivity index (χ1n) is 7.39. The molecule has 0 bridgehead atoms. The lowest BCUT2D eigenvalue weighted by Crippen LogP contribution is -2.28. The van der Waals surface area contributed by atoms with Crippen molar-refractivity contribution >= 4 is 11.3 Å². The predicted molar refractivity (Wildman–Crippen MR) is 89.4 cm³/mol. The molecule has 0 radical (unpaired) electrons. The van der Waals surface area contributed by atoms with Gasteiger partial charge in [-0.05, 0) is 44.5 Å². The van der Waals surface area contributed by atoms with Crippen molar-refractivity contribution in [1.82, 2.24) is 14.6 Å². The van der Waals surface area contributed by atoms with Crippen molar-refractivity contribution in [2.45, 2.75) is 26.4 Å². The van der Waals surface area contributed by atoms with Gasteiger partial charge in [-0.1, -0.05) is 0 Å². The van der Waals surface area contributed by atoms with Crippen LogP contribution in [0.25, 0.3) is 16.6 Å². The van der Waals surface area contributed by atoms with Gasteiger partial charge in [0.05, 0.1) is 17.3 Å². The fourth-order valence-corrected chi connectivity index (χ4v) is 2.32. The van der Waals surface area contributed by atoms with E-state index in [4.69, 9.17) is 10.5 Å². The quantitative estimate of drug-likeness (QED) is 0.773. The Morgan fingerprint density at radius 2 is 2.09 bits per heavy atom. The normalized spacial score (nSPS) is 11.8. The number of aromatic nitrogens is 3. The molecular formula is C17H20N4O2. The highest BCUT2D eigenvalue weighted by Gasteiger charge is 2.16. The van der Waals surface area contributed by atoms with Crippen LogP contribution in [0.15, 0.2) is 36.7 Å². The molecule has 0 amide bonds. The number of fused-ring (bicyclic) bond motifs is 1. The van der Waals surface area contributed by atoms with E-state index in [1.807, 2.05) is 37.4 Å². The number of hydrogen-bond donors (Lipinski definition) is 2. The van der Waals surface area contributed by atoms with Crippen LogP contribution in [0.5, 0.6) is 5.75 Å². The molecule has 3 rings (SSSR count). The molecule has 0 aliphatic rings. The Morgan fingerprint density at radius 3 is 2.83 bits per heavy atom. The van der Waals surface area contributed by atoms with E-state index in [0.29, 0.717) is 11.6 Å². The second kappa shape index (κ2) is 5.55. The lowest BCUT2D eigenvalue weighted by atomic mass is 10.1. The highest BCUT2D eigenvalue weighted by molar-refractivity contribution is 5.74. The lowest BCUT2D eigenvalue weighted by Gasteiger charge is -2.19. The minimum absolute atomic E-state index is 0.187. The van der Waals surface area contributed by atoms with Gasteiger partial charge >= 0.3 is 0 Å². The summed E-state index contributed by atoms with van der Waals surface area (Å²) in [6.07, 6.45) is 3.54. The van der Waals surface area contributed by atoms with Gasteiger partial charge in [-0.25, -0.2) is 4.52 Å². The van der Waals surface area contributed by atoms with Crippen molar-refractivity contribution in [3.8, 4) is 16.9 Å². The summed E-state index contributed by atoms with van der Waals surface area (Å²) in [5, 5.41) is 14.0. The molecule has 0 unspecified atom stereocenters. The maximum Gasteiger partial charge on any atom is 0.146 e. The van der Waals surface area contributed by atoms with Crippen molar-refractivity contribution in [3.63, 3.8) is 0 Å².